The van der Waals surface area contributed by atoms with E-state index in [9.17, 15) is 8.42 Å². The topological polar surface area (TPSA) is 97.1 Å². The van der Waals surface area contributed by atoms with Crippen LogP contribution in [0.25, 0.3) is 0 Å². The maximum atomic E-state index is 11.2. The van der Waals surface area contributed by atoms with E-state index in [2.05, 4.69) is 29.5 Å². The van der Waals surface area contributed by atoms with E-state index in [4.69, 9.17) is 5.14 Å². The van der Waals surface area contributed by atoms with Crippen molar-refractivity contribution >= 4 is 15.8 Å². The molecule has 1 atom stereocenters. The lowest BCUT2D eigenvalue weighted by atomic mass is 10.0. The predicted octanol–water partition coefficient (Wildman–Crippen LogP) is 0.281. The highest BCUT2D eigenvalue weighted by atomic mass is 32.2. The molecule has 0 amide bonds. The zero-order valence-corrected chi connectivity index (χ0v) is 11.3. The van der Waals surface area contributed by atoms with Gasteiger partial charge in [0.05, 0.1) is 0 Å². The lowest BCUT2D eigenvalue weighted by Crippen LogP contribution is -2.31. The van der Waals surface area contributed by atoms with Crippen LogP contribution in [0.5, 0.6) is 0 Å². The summed E-state index contributed by atoms with van der Waals surface area (Å²) in [5.41, 5.74) is 0.0925. The smallest absolute Gasteiger partial charge is 0.255 e. The van der Waals surface area contributed by atoms with Crippen LogP contribution in [0.1, 0.15) is 20.3 Å². The van der Waals surface area contributed by atoms with E-state index in [1.807, 2.05) is 0 Å². The predicted molar refractivity (Wildman–Crippen MR) is 69.7 cm³/mol. The van der Waals surface area contributed by atoms with Crippen LogP contribution in [-0.2, 0) is 10.0 Å². The highest BCUT2D eigenvalue weighted by molar-refractivity contribution is 7.89. The van der Waals surface area contributed by atoms with E-state index < -0.39 is 10.0 Å². The third-order valence-corrected chi connectivity index (χ3v) is 3.76. The fourth-order valence-corrected chi connectivity index (χ4v) is 2.62. The number of aromatic nitrogens is 1. The Hall–Kier alpha value is -1.18. The molecule has 0 spiro atoms. The maximum absolute atomic E-state index is 11.2. The van der Waals surface area contributed by atoms with Gasteiger partial charge in [-0.05, 0) is 32.4 Å². The average molecular weight is 270 g/mol. The minimum atomic E-state index is -3.75. The fraction of sp³-hybridized carbons (Fsp3) is 0.545. The number of nitrogens with one attached hydrogen (secondary N) is 2. The normalized spacial score (nSPS) is 22.9. The van der Waals surface area contributed by atoms with Crippen LogP contribution in [0, 0.1) is 0 Å². The molecule has 1 aromatic rings. The van der Waals surface area contributed by atoms with E-state index in [0.717, 1.165) is 13.0 Å². The van der Waals surface area contributed by atoms with E-state index >= 15 is 0 Å². The number of sulfonamides is 1. The van der Waals surface area contributed by atoms with Gasteiger partial charge in [-0.15, -0.1) is 0 Å². The quantitative estimate of drug-likeness (QED) is 0.733. The van der Waals surface area contributed by atoms with Crippen molar-refractivity contribution in [3.8, 4) is 0 Å². The van der Waals surface area contributed by atoms with Crippen molar-refractivity contribution in [3.63, 3.8) is 0 Å². The Kier molecular flexibility index (Phi) is 3.31. The summed E-state index contributed by atoms with van der Waals surface area (Å²) in [6, 6.07) is 4.99. The molecule has 0 bridgehead atoms. The first-order valence-corrected chi connectivity index (χ1v) is 7.32. The Morgan fingerprint density at radius 3 is 2.78 bits per heavy atom. The van der Waals surface area contributed by atoms with Gasteiger partial charge in [-0.3, -0.25) is 0 Å². The third kappa shape index (κ3) is 3.18. The molecule has 2 rings (SSSR count). The molecule has 0 saturated carbocycles. The molecule has 0 radical (unpaired) electrons. The lowest BCUT2D eigenvalue weighted by molar-refractivity contribution is 0.457. The van der Waals surface area contributed by atoms with Gasteiger partial charge in [-0.25, -0.2) is 18.5 Å². The Labute approximate surface area is 107 Å². The number of pyridine rings is 1. The molecular formula is C11H18N4O2S. The number of anilines is 1. The highest BCUT2D eigenvalue weighted by Crippen LogP contribution is 2.21. The second-order valence-electron chi connectivity index (χ2n) is 5.22. The van der Waals surface area contributed by atoms with Gasteiger partial charge in [0.1, 0.15) is 5.82 Å². The van der Waals surface area contributed by atoms with Gasteiger partial charge in [0.15, 0.2) is 5.03 Å². The van der Waals surface area contributed by atoms with E-state index in [-0.39, 0.29) is 16.6 Å². The molecule has 1 aliphatic rings. The molecule has 100 valence electrons. The SMILES string of the molecule is CC1(C)CC(Nc2cccc(S(N)(=O)=O)n2)CN1. The molecule has 2 heterocycles. The van der Waals surface area contributed by atoms with Crippen LogP contribution in [0.3, 0.4) is 0 Å². The third-order valence-electron chi connectivity index (χ3n) is 2.95. The number of primary sulfonamides is 1. The number of nitrogens with zero attached hydrogens (tertiary/aromatic N) is 1. The minimum Gasteiger partial charge on any atom is -0.366 e. The summed E-state index contributed by atoms with van der Waals surface area (Å²) in [5.74, 6) is 0.533. The molecule has 0 aromatic carbocycles. The first-order valence-electron chi connectivity index (χ1n) is 5.78. The zero-order chi connectivity index (χ0) is 13.4. The van der Waals surface area contributed by atoms with Gasteiger partial charge >= 0.3 is 0 Å². The Balaban J connectivity index is 2.11. The highest BCUT2D eigenvalue weighted by Gasteiger charge is 2.30. The van der Waals surface area contributed by atoms with Crippen molar-refractivity contribution in [2.24, 2.45) is 5.14 Å². The Bertz CT molecular complexity index is 542. The zero-order valence-electron chi connectivity index (χ0n) is 10.5. The van der Waals surface area contributed by atoms with Crippen LogP contribution in [0.2, 0.25) is 0 Å². The largest absolute Gasteiger partial charge is 0.366 e. The monoisotopic (exact) mass is 270 g/mol. The summed E-state index contributed by atoms with van der Waals surface area (Å²) < 4.78 is 22.4. The number of rotatable bonds is 3. The molecule has 7 heteroatoms. The Morgan fingerprint density at radius 1 is 1.50 bits per heavy atom. The van der Waals surface area contributed by atoms with Crippen LogP contribution in [0.15, 0.2) is 23.2 Å². The summed E-state index contributed by atoms with van der Waals surface area (Å²) in [4.78, 5) is 4.00. The number of nitrogens with two attached hydrogens (primary N) is 1. The van der Waals surface area contributed by atoms with Gasteiger partial charge in [0.25, 0.3) is 10.0 Å². The van der Waals surface area contributed by atoms with Crippen molar-refractivity contribution in [2.75, 3.05) is 11.9 Å². The second kappa shape index (κ2) is 4.49. The summed E-state index contributed by atoms with van der Waals surface area (Å²) in [6.07, 6.45) is 0.953. The lowest BCUT2D eigenvalue weighted by Gasteiger charge is -2.17. The molecule has 1 unspecified atom stereocenters. The van der Waals surface area contributed by atoms with Crippen molar-refractivity contribution in [2.45, 2.75) is 36.9 Å². The van der Waals surface area contributed by atoms with Crippen LogP contribution < -0.4 is 15.8 Å². The second-order valence-corrected chi connectivity index (χ2v) is 6.72. The molecule has 1 fully saturated rings. The van der Waals surface area contributed by atoms with E-state index in [1.54, 1.807) is 12.1 Å². The fourth-order valence-electron chi connectivity index (χ4n) is 2.12. The summed E-state index contributed by atoms with van der Waals surface area (Å²) in [7, 11) is -3.75. The molecule has 1 aliphatic heterocycles. The van der Waals surface area contributed by atoms with Crippen LogP contribution >= 0.6 is 0 Å². The Morgan fingerprint density at radius 2 is 2.22 bits per heavy atom. The molecule has 0 aliphatic carbocycles. The number of hydrogen-bond donors (Lipinski definition) is 3. The molecule has 6 nitrogen and oxygen atoms in total. The van der Waals surface area contributed by atoms with E-state index in [1.165, 1.54) is 6.07 Å². The first-order chi connectivity index (χ1) is 8.26. The standard InChI is InChI=1S/C11H18N4O2S/c1-11(2)6-8(7-13-11)14-9-4-3-5-10(15-9)18(12,16)17/h3-5,8,13H,6-7H2,1-2H3,(H,14,15)(H2,12,16,17). The molecular weight excluding hydrogens is 252 g/mol. The van der Waals surface area contributed by atoms with Crippen molar-refractivity contribution < 1.29 is 8.42 Å². The summed E-state index contributed by atoms with van der Waals surface area (Å²) in [5, 5.41) is 11.5. The van der Waals surface area contributed by atoms with Crippen molar-refractivity contribution in [1.29, 1.82) is 0 Å². The van der Waals surface area contributed by atoms with E-state index in [0.29, 0.717) is 5.82 Å². The first kappa shape index (κ1) is 13.3. The van der Waals surface area contributed by atoms with Crippen molar-refractivity contribution in [1.82, 2.24) is 10.3 Å². The van der Waals surface area contributed by atoms with Gasteiger partial charge in [-0.2, -0.15) is 0 Å². The van der Waals surface area contributed by atoms with Crippen LogP contribution in [-0.4, -0.2) is 31.5 Å². The molecule has 4 N–H and O–H groups in total. The number of hydrogen-bond acceptors (Lipinski definition) is 5. The summed E-state index contributed by atoms with van der Waals surface area (Å²) in [6.45, 7) is 5.08. The van der Waals surface area contributed by atoms with Gasteiger partial charge < -0.3 is 10.6 Å². The van der Waals surface area contributed by atoms with Gasteiger partial charge in [-0.1, -0.05) is 6.07 Å². The van der Waals surface area contributed by atoms with Gasteiger partial charge in [0, 0.05) is 18.1 Å². The molecule has 18 heavy (non-hydrogen) atoms. The van der Waals surface area contributed by atoms with Gasteiger partial charge in [0.2, 0.25) is 0 Å². The van der Waals surface area contributed by atoms with Crippen LogP contribution in [0.4, 0.5) is 5.82 Å². The molecule has 1 saturated heterocycles. The average Bonchev–Trinajstić information content (AvgIpc) is 2.57. The summed E-state index contributed by atoms with van der Waals surface area (Å²) >= 11 is 0. The maximum Gasteiger partial charge on any atom is 0.255 e. The molecule has 1 aromatic heterocycles. The minimum absolute atomic E-state index is 0.0925. The van der Waals surface area contributed by atoms with Crippen molar-refractivity contribution in [3.05, 3.63) is 18.2 Å².